The van der Waals surface area contributed by atoms with Gasteiger partial charge in [0.1, 0.15) is 5.52 Å². The van der Waals surface area contributed by atoms with Crippen LogP contribution in [0.25, 0.3) is 11.1 Å². The lowest BCUT2D eigenvalue weighted by atomic mass is 10.1. The first kappa shape index (κ1) is 12.6. The number of rotatable bonds is 4. The van der Waals surface area contributed by atoms with Gasteiger partial charge in [0.25, 0.3) is 0 Å². The van der Waals surface area contributed by atoms with Crippen molar-refractivity contribution in [1.82, 2.24) is 4.98 Å². The highest BCUT2D eigenvalue weighted by Crippen LogP contribution is 2.19. The summed E-state index contributed by atoms with van der Waals surface area (Å²) >= 11 is 0. The van der Waals surface area contributed by atoms with Crippen LogP contribution >= 0.6 is 0 Å². The summed E-state index contributed by atoms with van der Waals surface area (Å²) in [6.45, 7) is 3.78. The molecule has 0 bridgehead atoms. The van der Waals surface area contributed by atoms with Gasteiger partial charge in [-0.05, 0) is 18.6 Å². The van der Waals surface area contributed by atoms with E-state index in [2.05, 4.69) is 10.3 Å². The molecule has 1 aromatic carbocycles. The molecule has 0 aliphatic carbocycles. The van der Waals surface area contributed by atoms with Crippen LogP contribution in [0.1, 0.15) is 25.7 Å². The van der Waals surface area contributed by atoms with Crippen molar-refractivity contribution >= 4 is 22.7 Å². The first-order valence-corrected chi connectivity index (χ1v) is 6.03. The zero-order valence-electron chi connectivity index (χ0n) is 10.6. The topological polar surface area (TPSA) is 81.2 Å². The summed E-state index contributed by atoms with van der Waals surface area (Å²) in [4.78, 5) is 16.0. The van der Waals surface area contributed by atoms with Gasteiger partial charge in [-0.3, -0.25) is 4.79 Å². The molecule has 1 aromatic heterocycles. The largest absolute Gasteiger partial charge is 0.441 e. The number of nitrogens with two attached hydrogens (primary N) is 1. The Morgan fingerprint density at radius 1 is 1.56 bits per heavy atom. The van der Waals surface area contributed by atoms with Crippen LogP contribution in [-0.2, 0) is 4.79 Å². The van der Waals surface area contributed by atoms with Crippen molar-refractivity contribution in [2.75, 3.05) is 5.32 Å². The Balaban J connectivity index is 2.14. The van der Waals surface area contributed by atoms with Gasteiger partial charge in [0.15, 0.2) is 11.5 Å². The van der Waals surface area contributed by atoms with E-state index in [9.17, 15) is 4.79 Å². The molecule has 0 saturated carbocycles. The van der Waals surface area contributed by atoms with E-state index in [1.807, 2.05) is 13.0 Å². The number of oxazole rings is 1. The normalized spacial score (nSPS) is 12.6. The number of aryl methyl sites for hydroxylation is 1. The van der Waals surface area contributed by atoms with Gasteiger partial charge in [0, 0.05) is 18.7 Å². The number of hydrogen-bond acceptors (Lipinski definition) is 4. The van der Waals surface area contributed by atoms with Gasteiger partial charge < -0.3 is 15.5 Å². The number of nitrogens with zero attached hydrogens (tertiary/aromatic N) is 1. The van der Waals surface area contributed by atoms with Gasteiger partial charge in [-0.1, -0.05) is 13.3 Å². The molecule has 0 radical (unpaired) electrons. The lowest BCUT2D eigenvalue weighted by molar-refractivity contribution is -0.117. The van der Waals surface area contributed by atoms with E-state index in [-0.39, 0.29) is 5.91 Å². The average Bonchev–Trinajstić information content (AvgIpc) is 2.68. The Hall–Kier alpha value is -1.88. The Kier molecular flexibility index (Phi) is 3.62. The second kappa shape index (κ2) is 5.18. The van der Waals surface area contributed by atoms with Gasteiger partial charge in [-0.15, -0.1) is 0 Å². The second-order valence-electron chi connectivity index (χ2n) is 4.30. The fraction of sp³-hybridized carbons (Fsp3) is 0.385. The highest BCUT2D eigenvalue weighted by molar-refractivity contribution is 5.96. The molecule has 0 aliphatic rings. The fourth-order valence-electron chi connectivity index (χ4n) is 1.79. The first-order chi connectivity index (χ1) is 8.60. The summed E-state index contributed by atoms with van der Waals surface area (Å²) in [5.74, 6) is 0.434. The Morgan fingerprint density at radius 3 is 3.06 bits per heavy atom. The number of hydrogen-bond donors (Lipinski definition) is 2. The lowest BCUT2D eigenvalue weighted by Gasteiger charge is -2.10. The first-order valence-electron chi connectivity index (χ1n) is 6.03. The van der Waals surface area contributed by atoms with E-state index in [1.165, 1.54) is 0 Å². The molecule has 1 amide bonds. The third-order valence-electron chi connectivity index (χ3n) is 2.70. The van der Waals surface area contributed by atoms with Crippen LogP contribution in [0.4, 0.5) is 5.69 Å². The van der Waals surface area contributed by atoms with Gasteiger partial charge in [0.2, 0.25) is 5.91 Å². The standard InChI is InChI=1S/C13H17N3O2/c1-3-4-10(14)13(17)16-9-5-6-11-12(7-9)18-8(2)15-11/h5-7,10H,3-4,14H2,1-2H3,(H,16,17). The number of carbonyl (C=O) groups is 1. The summed E-state index contributed by atoms with van der Waals surface area (Å²) in [5, 5.41) is 2.78. The Labute approximate surface area is 105 Å². The molecule has 5 nitrogen and oxygen atoms in total. The molecular formula is C13H17N3O2. The fourth-order valence-corrected chi connectivity index (χ4v) is 1.79. The maximum atomic E-state index is 11.8. The molecule has 3 N–H and O–H groups in total. The van der Waals surface area contributed by atoms with Crippen molar-refractivity contribution in [1.29, 1.82) is 0 Å². The molecule has 18 heavy (non-hydrogen) atoms. The zero-order valence-corrected chi connectivity index (χ0v) is 10.6. The van der Waals surface area contributed by atoms with Crippen LogP contribution in [0.15, 0.2) is 22.6 Å². The van der Waals surface area contributed by atoms with Crippen LogP contribution in [0.5, 0.6) is 0 Å². The van der Waals surface area contributed by atoms with Crippen LogP contribution in [0, 0.1) is 6.92 Å². The summed E-state index contributed by atoms with van der Waals surface area (Å²) in [5.41, 5.74) is 7.86. The van der Waals surface area contributed by atoms with Crippen LogP contribution in [0.2, 0.25) is 0 Å². The van der Waals surface area contributed by atoms with Gasteiger partial charge in [0.05, 0.1) is 6.04 Å². The van der Waals surface area contributed by atoms with E-state index < -0.39 is 6.04 Å². The summed E-state index contributed by atoms with van der Waals surface area (Å²) in [6.07, 6.45) is 1.56. The van der Waals surface area contributed by atoms with E-state index in [0.717, 1.165) is 11.9 Å². The minimum atomic E-state index is -0.470. The summed E-state index contributed by atoms with van der Waals surface area (Å²) in [7, 11) is 0. The third-order valence-corrected chi connectivity index (χ3v) is 2.70. The maximum absolute atomic E-state index is 11.8. The van der Waals surface area contributed by atoms with Crippen molar-refractivity contribution in [2.45, 2.75) is 32.7 Å². The number of benzene rings is 1. The summed E-state index contributed by atoms with van der Waals surface area (Å²) in [6, 6.07) is 4.89. The van der Waals surface area contributed by atoms with Gasteiger partial charge in [-0.25, -0.2) is 4.98 Å². The molecule has 0 spiro atoms. The molecule has 1 unspecified atom stereocenters. The highest BCUT2D eigenvalue weighted by atomic mass is 16.3. The molecule has 0 saturated heterocycles. The van der Waals surface area contributed by atoms with Crippen LogP contribution < -0.4 is 11.1 Å². The summed E-state index contributed by atoms with van der Waals surface area (Å²) < 4.78 is 5.40. The molecule has 1 atom stereocenters. The Bertz CT molecular complexity index is 562. The second-order valence-corrected chi connectivity index (χ2v) is 4.30. The molecule has 0 fully saturated rings. The van der Waals surface area contributed by atoms with Crippen molar-refractivity contribution < 1.29 is 9.21 Å². The molecular weight excluding hydrogens is 230 g/mol. The molecule has 1 heterocycles. The molecule has 96 valence electrons. The maximum Gasteiger partial charge on any atom is 0.241 e. The number of nitrogens with one attached hydrogen (secondary N) is 1. The van der Waals surface area contributed by atoms with E-state index in [4.69, 9.17) is 10.2 Å². The van der Waals surface area contributed by atoms with Gasteiger partial charge >= 0.3 is 0 Å². The van der Waals surface area contributed by atoms with Crippen molar-refractivity contribution in [2.24, 2.45) is 5.73 Å². The lowest BCUT2D eigenvalue weighted by Crippen LogP contribution is -2.35. The highest BCUT2D eigenvalue weighted by Gasteiger charge is 2.13. The minimum Gasteiger partial charge on any atom is -0.441 e. The van der Waals surface area contributed by atoms with Gasteiger partial charge in [-0.2, -0.15) is 0 Å². The van der Waals surface area contributed by atoms with Crippen molar-refractivity contribution in [3.8, 4) is 0 Å². The zero-order chi connectivity index (χ0) is 13.1. The van der Waals surface area contributed by atoms with E-state index in [1.54, 1.807) is 19.1 Å². The monoisotopic (exact) mass is 247 g/mol. The van der Waals surface area contributed by atoms with E-state index >= 15 is 0 Å². The predicted molar refractivity (Wildman–Crippen MR) is 70.3 cm³/mol. The van der Waals surface area contributed by atoms with Crippen LogP contribution in [-0.4, -0.2) is 16.9 Å². The molecule has 0 aliphatic heterocycles. The number of aromatic nitrogens is 1. The SMILES string of the molecule is CCCC(N)C(=O)Nc1ccc2nc(C)oc2c1. The number of amides is 1. The quantitative estimate of drug-likeness (QED) is 0.867. The number of carbonyl (C=O) groups excluding carboxylic acids is 1. The molecule has 2 rings (SSSR count). The van der Waals surface area contributed by atoms with Crippen LogP contribution in [0.3, 0.4) is 0 Å². The average molecular weight is 247 g/mol. The van der Waals surface area contributed by atoms with E-state index in [0.29, 0.717) is 23.6 Å². The smallest absolute Gasteiger partial charge is 0.241 e. The van der Waals surface area contributed by atoms with Crippen molar-refractivity contribution in [3.63, 3.8) is 0 Å². The predicted octanol–water partition coefficient (Wildman–Crippen LogP) is 2.20. The van der Waals surface area contributed by atoms with Crippen molar-refractivity contribution in [3.05, 3.63) is 24.1 Å². The molecule has 2 aromatic rings. The number of anilines is 1. The third kappa shape index (κ3) is 2.68. The number of fused-ring (bicyclic) bond motifs is 1. The Morgan fingerprint density at radius 2 is 2.33 bits per heavy atom. The molecule has 5 heteroatoms. The minimum absolute atomic E-state index is 0.174.